The SMILES string of the molecule is CC(C)(C)c1cc(C=O)c(O)c(-c2ccccc2)c1. The molecule has 0 heterocycles. The second-order valence-electron chi connectivity index (χ2n) is 5.70. The highest BCUT2D eigenvalue weighted by molar-refractivity contribution is 5.86. The molecule has 0 aliphatic heterocycles. The van der Waals surface area contributed by atoms with Crippen molar-refractivity contribution in [1.29, 1.82) is 0 Å². The minimum absolute atomic E-state index is 0.0502. The molecule has 0 aromatic heterocycles. The second kappa shape index (κ2) is 4.88. The molecule has 0 radical (unpaired) electrons. The number of phenolic OH excluding ortho intramolecular Hbond substituents is 1. The first kappa shape index (κ1) is 13.3. The number of hydrogen-bond acceptors (Lipinski definition) is 2. The Labute approximate surface area is 113 Å². The summed E-state index contributed by atoms with van der Waals surface area (Å²) in [6.45, 7) is 6.26. The Morgan fingerprint density at radius 1 is 1.05 bits per heavy atom. The largest absolute Gasteiger partial charge is 0.507 e. The summed E-state index contributed by atoms with van der Waals surface area (Å²) in [4.78, 5) is 11.1. The molecule has 0 aliphatic rings. The van der Waals surface area contributed by atoms with Gasteiger partial charge in [-0.2, -0.15) is 0 Å². The molecule has 2 aromatic carbocycles. The van der Waals surface area contributed by atoms with Crippen LogP contribution in [0.25, 0.3) is 11.1 Å². The van der Waals surface area contributed by atoms with Gasteiger partial charge in [-0.05, 0) is 28.7 Å². The van der Waals surface area contributed by atoms with Crippen LogP contribution in [-0.2, 0) is 5.41 Å². The van der Waals surface area contributed by atoms with Crippen LogP contribution in [0.4, 0.5) is 0 Å². The fraction of sp³-hybridized carbons (Fsp3) is 0.235. The normalized spacial score (nSPS) is 11.3. The van der Waals surface area contributed by atoms with E-state index >= 15 is 0 Å². The molecule has 0 atom stereocenters. The predicted octanol–water partition coefficient (Wildman–Crippen LogP) is 4.17. The van der Waals surface area contributed by atoms with Crippen LogP contribution in [0.15, 0.2) is 42.5 Å². The van der Waals surface area contributed by atoms with E-state index in [0.29, 0.717) is 17.4 Å². The van der Waals surface area contributed by atoms with Crippen molar-refractivity contribution in [2.24, 2.45) is 0 Å². The fourth-order valence-corrected chi connectivity index (χ4v) is 2.02. The third-order valence-electron chi connectivity index (χ3n) is 3.22. The Bertz CT molecular complexity index is 593. The van der Waals surface area contributed by atoms with Crippen molar-refractivity contribution in [3.05, 3.63) is 53.6 Å². The topological polar surface area (TPSA) is 37.3 Å². The number of aromatic hydroxyl groups is 1. The summed E-state index contributed by atoms with van der Waals surface area (Å²) in [6.07, 6.45) is 0.705. The summed E-state index contributed by atoms with van der Waals surface area (Å²) in [6, 6.07) is 13.3. The maximum atomic E-state index is 11.1. The van der Waals surface area contributed by atoms with Crippen LogP contribution >= 0.6 is 0 Å². The number of hydrogen-bond donors (Lipinski definition) is 1. The lowest BCUT2D eigenvalue weighted by molar-refractivity contribution is 0.112. The summed E-state index contributed by atoms with van der Waals surface area (Å²) < 4.78 is 0. The smallest absolute Gasteiger partial charge is 0.153 e. The lowest BCUT2D eigenvalue weighted by atomic mass is 9.84. The van der Waals surface area contributed by atoms with E-state index in [-0.39, 0.29) is 11.2 Å². The molecule has 0 unspecified atom stereocenters. The Kier molecular flexibility index (Phi) is 3.43. The van der Waals surface area contributed by atoms with Crippen molar-refractivity contribution in [3.8, 4) is 16.9 Å². The van der Waals surface area contributed by atoms with Crippen molar-refractivity contribution < 1.29 is 9.90 Å². The molecule has 0 fully saturated rings. The molecule has 0 saturated carbocycles. The number of phenols is 1. The van der Waals surface area contributed by atoms with Gasteiger partial charge in [0.2, 0.25) is 0 Å². The second-order valence-corrected chi connectivity index (χ2v) is 5.70. The lowest BCUT2D eigenvalue weighted by Gasteiger charge is -2.21. The zero-order valence-corrected chi connectivity index (χ0v) is 11.5. The van der Waals surface area contributed by atoms with Gasteiger partial charge in [0.25, 0.3) is 0 Å². The van der Waals surface area contributed by atoms with E-state index in [1.807, 2.05) is 36.4 Å². The maximum Gasteiger partial charge on any atom is 0.153 e. The summed E-state index contributed by atoms with van der Waals surface area (Å²) >= 11 is 0. The zero-order chi connectivity index (χ0) is 14.0. The van der Waals surface area contributed by atoms with Gasteiger partial charge in [0.1, 0.15) is 5.75 Å². The number of aldehydes is 1. The lowest BCUT2D eigenvalue weighted by Crippen LogP contribution is -2.11. The number of rotatable bonds is 2. The first-order chi connectivity index (χ1) is 8.93. The van der Waals surface area contributed by atoms with Gasteiger partial charge in [0, 0.05) is 5.56 Å². The highest BCUT2D eigenvalue weighted by Gasteiger charge is 2.19. The molecule has 98 valence electrons. The highest BCUT2D eigenvalue weighted by Crippen LogP contribution is 2.36. The van der Waals surface area contributed by atoms with Gasteiger partial charge < -0.3 is 5.11 Å². The first-order valence-corrected chi connectivity index (χ1v) is 6.31. The van der Waals surface area contributed by atoms with Gasteiger partial charge in [-0.1, -0.05) is 51.1 Å². The number of carbonyl (C=O) groups is 1. The predicted molar refractivity (Wildman–Crippen MR) is 77.6 cm³/mol. The molecular weight excluding hydrogens is 236 g/mol. The molecule has 0 spiro atoms. The van der Waals surface area contributed by atoms with Crippen LogP contribution in [0.5, 0.6) is 5.75 Å². The molecule has 19 heavy (non-hydrogen) atoms. The summed E-state index contributed by atoms with van der Waals surface area (Å²) in [5.74, 6) is 0.0502. The van der Waals surface area contributed by atoms with Crippen molar-refractivity contribution in [3.63, 3.8) is 0 Å². The van der Waals surface area contributed by atoms with Crippen LogP contribution in [0, 0.1) is 0 Å². The quantitative estimate of drug-likeness (QED) is 0.817. The minimum atomic E-state index is -0.0744. The third kappa shape index (κ3) is 2.68. The van der Waals surface area contributed by atoms with Crippen molar-refractivity contribution in [2.75, 3.05) is 0 Å². The maximum absolute atomic E-state index is 11.1. The van der Waals surface area contributed by atoms with Gasteiger partial charge >= 0.3 is 0 Å². The molecule has 2 nitrogen and oxygen atoms in total. The zero-order valence-electron chi connectivity index (χ0n) is 11.5. The Morgan fingerprint density at radius 3 is 2.21 bits per heavy atom. The van der Waals surface area contributed by atoms with E-state index in [1.165, 1.54) is 0 Å². The van der Waals surface area contributed by atoms with E-state index in [9.17, 15) is 9.90 Å². The summed E-state index contributed by atoms with van der Waals surface area (Å²) in [5.41, 5.74) is 2.91. The van der Waals surface area contributed by atoms with E-state index in [2.05, 4.69) is 20.8 Å². The Balaban J connectivity index is 2.70. The van der Waals surface area contributed by atoms with Crippen LogP contribution in [-0.4, -0.2) is 11.4 Å². The van der Waals surface area contributed by atoms with Gasteiger partial charge in [-0.3, -0.25) is 4.79 Å². The van der Waals surface area contributed by atoms with Crippen LogP contribution in [0.3, 0.4) is 0 Å². The molecule has 1 N–H and O–H groups in total. The molecule has 2 aromatic rings. The summed E-state index contributed by atoms with van der Waals surface area (Å²) in [7, 11) is 0. The summed E-state index contributed by atoms with van der Waals surface area (Å²) in [5, 5.41) is 10.2. The third-order valence-corrected chi connectivity index (χ3v) is 3.22. The number of carbonyl (C=O) groups excluding carboxylic acids is 1. The molecule has 2 heteroatoms. The fourth-order valence-electron chi connectivity index (χ4n) is 2.02. The Hall–Kier alpha value is -2.09. The van der Waals surface area contributed by atoms with E-state index in [4.69, 9.17) is 0 Å². The van der Waals surface area contributed by atoms with Crippen molar-refractivity contribution in [1.82, 2.24) is 0 Å². The van der Waals surface area contributed by atoms with Gasteiger partial charge in [-0.25, -0.2) is 0 Å². The van der Waals surface area contributed by atoms with Crippen molar-refractivity contribution in [2.45, 2.75) is 26.2 Å². The molecule has 0 amide bonds. The standard InChI is InChI=1S/C17H18O2/c1-17(2,3)14-9-13(11-18)16(19)15(10-14)12-7-5-4-6-8-12/h4-11,19H,1-3H3. The molecule has 2 rings (SSSR count). The van der Waals surface area contributed by atoms with Crippen LogP contribution in [0.2, 0.25) is 0 Å². The highest BCUT2D eigenvalue weighted by atomic mass is 16.3. The van der Waals surface area contributed by atoms with Gasteiger partial charge in [-0.15, -0.1) is 0 Å². The van der Waals surface area contributed by atoms with E-state index < -0.39 is 0 Å². The molecule has 0 aliphatic carbocycles. The average Bonchev–Trinajstić information content (AvgIpc) is 2.38. The van der Waals surface area contributed by atoms with Gasteiger partial charge in [0.05, 0.1) is 5.56 Å². The molecule has 0 bridgehead atoms. The van der Waals surface area contributed by atoms with Crippen LogP contribution in [0.1, 0.15) is 36.7 Å². The van der Waals surface area contributed by atoms with Gasteiger partial charge in [0.15, 0.2) is 6.29 Å². The minimum Gasteiger partial charge on any atom is -0.507 e. The van der Waals surface area contributed by atoms with E-state index in [1.54, 1.807) is 6.07 Å². The van der Waals surface area contributed by atoms with Crippen molar-refractivity contribution >= 4 is 6.29 Å². The average molecular weight is 254 g/mol. The molecule has 0 saturated heterocycles. The molecular formula is C17H18O2. The van der Waals surface area contributed by atoms with Crippen LogP contribution < -0.4 is 0 Å². The Morgan fingerprint density at radius 2 is 1.68 bits per heavy atom. The first-order valence-electron chi connectivity index (χ1n) is 6.31. The van der Waals surface area contributed by atoms with E-state index in [0.717, 1.165) is 11.1 Å². The monoisotopic (exact) mass is 254 g/mol. The number of benzene rings is 2.